The Morgan fingerprint density at radius 2 is 2.00 bits per heavy atom. The highest BCUT2D eigenvalue weighted by molar-refractivity contribution is 4.88. The molecule has 60 valence electrons. The fourth-order valence-corrected chi connectivity index (χ4v) is 1.56. The zero-order chi connectivity index (χ0) is 7.72. The molecule has 0 radical (unpaired) electrons. The van der Waals surface area contributed by atoms with E-state index in [1.807, 2.05) is 0 Å². The number of rotatable bonds is 2. The number of hydrogen-bond acceptors (Lipinski definition) is 1. The molecule has 1 rings (SSSR count). The Balaban J connectivity index is 2.36. The lowest BCUT2D eigenvalue weighted by Crippen LogP contribution is -2.55. The molecule has 1 saturated heterocycles. The van der Waals surface area contributed by atoms with Gasteiger partial charge in [0.15, 0.2) is 0 Å². The highest BCUT2D eigenvalue weighted by Gasteiger charge is 2.33. The molecule has 0 amide bonds. The van der Waals surface area contributed by atoms with Crippen LogP contribution in [0.2, 0.25) is 0 Å². The lowest BCUT2D eigenvalue weighted by molar-refractivity contribution is 0.00832. The molecular weight excluding hydrogens is 129 g/mol. The Kier molecular flexibility index (Phi) is 2.29. The van der Waals surface area contributed by atoms with Crippen LogP contribution in [0.25, 0.3) is 0 Å². The van der Waals surface area contributed by atoms with Gasteiger partial charge in [0.1, 0.15) is 6.17 Å². The standard InChI is InChI=1S/C8H16FN/c1-6(2)10-5-4-8(10)7(3)9/h6-8H,4-5H2,1-3H3/t7?,8-/m1/s1. The van der Waals surface area contributed by atoms with Crippen molar-refractivity contribution in [3.05, 3.63) is 0 Å². The molecule has 1 heterocycles. The predicted molar refractivity (Wildman–Crippen MR) is 40.8 cm³/mol. The van der Waals surface area contributed by atoms with E-state index in [0.29, 0.717) is 6.04 Å². The van der Waals surface area contributed by atoms with E-state index in [1.165, 1.54) is 0 Å². The molecule has 0 aromatic carbocycles. The van der Waals surface area contributed by atoms with Crippen molar-refractivity contribution < 1.29 is 4.39 Å². The van der Waals surface area contributed by atoms with Crippen LogP contribution >= 0.6 is 0 Å². The van der Waals surface area contributed by atoms with Crippen LogP contribution in [0.5, 0.6) is 0 Å². The topological polar surface area (TPSA) is 3.24 Å². The molecule has 0 saturated carbocycles. The quantitative estimate of drug-likeness (QED) is 0.573. The van der Waals surface area contributed by atoms with Gasteiger partial charge in [-0.2, -0.15) is 0 Å². The molecule has 2 atom stereocenters. The summed E-state index contributed by atoms with van der Waals surface area (Å²) in [5.41, 5.74) is 0. The summed E-state index contributed by atoms with van der Waals surface area (Å²) in [5.74, 6) is 0. The minimum absolute atomic E-state index is 0.208. The number of likely N-dealkylation sites (tertiary alicyclic amines) is 1. The van der Waals surface area contributed by atoms with Gasteiger partial charge in [0.25, 0.3) is 0 Å². The molecule has 1 fully saturated rings. The number of hydrogen-bond donors (Lipinski definition) is 0. The molecule has 0 spiro atoms. The third-order valence-corrected chi connectivity index (χ3v) is 2.30. The normalized spacial score (nSPS) is 30.3. The number of nitrogens with zero attached hydrogens (tertiary/aromatic N) is 1. The van der Waals surface area contributed by atoms with Gasteiger partial charge in [-0.3, -0.25) is 4.90 Å². The molecule has 1 aliphatic rings. The van der Waals surface area contributed by atoms with Crippen molar-refractivity contribution in [2.75, 3.05) is 6.54 Å². The second kappa shape index (κ2) is 2.87. The van der Waals surface area contributed by atoms with Crippen LogP contribution < -0.4 is 0 Å². The Bertz CT molecular complexity index is 97.8. The maximum Gasteiger partial charge on any atom is 0.113 e. The third-order valence-electron chi connectivity index (χ3n) is 2.30. The average Bonchev–Trinajstić information content (AvgIpc) is 1.56. The Morgan fingerprint density at radius 3 is 2.10 bits per heavy atom. The summed E-state index contributed by atoms with van der Waals surface area (Å²) >= 11 is 0. The van der Waals surface area contributed by atoms with Crippen LogP contribution in [0, 0.1) is 0 Å². The molecule has 0 aromatic heterocycles. The van der Waals surface area contributed by atoms with Crippen LogP contribution in [-0.4, -0.2) is 29.7 Å². The van der Waals surface area contributed by atoms with E-state index in [9.17, 15) is 4.39 Å². The largest absolute Gasteiger partial charge is 0.295 e. The molecule has 0 aromatic rings. The summed E-state index contributed by atoms with van der Waals surface area (Å²) in [5, 5.41) is 0. The van der Waals surface area contributed by atoms with Crippen LogP contribution in [0.4, 0.5) is 4.39 Å². The first kappa shape index (κ1) is 7.99. The average molecular weight is 145 g/mol. The lowest BCUT2D eigenvalue weighted by atomic mass is 9.97. The highest BCUT2D eigenvalue weighted by atomic mass is 19.1. The van der Waals surface area contributed by atoms with Gasteiger partial charge in [-0.15, -0.1) is 0 Å². The smallest absolute Gasteiger partial charge is 0.113 e. The first-order valence-corrected chi connectivity index (χ1v) is 4.02. The maximum atomic E-state index is 12.7. The van der Waals surface area contributed by atoms with Crippen molar-refractivity contribution in [1.82, 2.24) is 4.90 Å². The van der Waals surface area contributed by atoms with E-state index in [-0.39, 0.29) is 6.04 Å². The van der Waals surface area contributed by atoms with Gasteiger partial charge >= 0.3 is 0 Å². The molecule has 0 bridgehead atoms. The van der Waals surface area contributed by atoms with Crippen LogP contribution in [0.3, 0.4) is 0 Å². The van der Waals surface area contributed by atoms with E-state index in [4.69, 9.17) is 0 Å². The SMILES string of the molecule is CC(F)[C@H]1CCN1C(C)C. The van der Waals surface area contributed by atoms with Gasteiger partial charge in [0.2, 0.25) is 0 Å². The van der Waals surface area contributed by atoms with Gasteiger partial charge < -0.3 is 0 Å². The Labute approximate surface area is 62.2 Å². The van der Waals surface area contributed by atoms with E-state index >= 15 is 0 Å². The molecule has 1 unspecified atom stereocenters. The lowest BCUT2D eigenvalue weighted by Gasteiger charge is -2.44. The molecule has 2 heteroatoms. The minimum atomic E-state index is -0.656. The fourth-order valence-electron chi connectivity index (χ4n) is 1.56. The molecule has 10 heavy (non-hydrogen) atoms. The van der Waals surface area contributed by atoms with E-state index in [1.54, 1.807) is 6.92 Å². The van der Waals surface area contributed by atoms with Crippen LogP contribution in [0.1, 0.15) is 27.2 Å². The van der Waals surface area contributed by atoms with Gasteiger partial charge in [0, 0.05) is 18.6 Å². The van der Waals surface area contributed by atoms with E-state index < -0.39 is 6.17 Å². The highest BCUT2D eigenvalue weighted by Crippen LogP contribution is 2.24. The number of halogens is 1. The zero-order valence-corrected chi connectivity index (χ0v) is 6.97. The second-order valence-electron chi connectivity index (χ2n) is 3.37. The van der Waals surface area contributed by atoms with Crippen molar-refractivity contribution in [3.8, 4) is 0 Å². The van der Waals surface area contributed by atoms with Crippen LogP contribution in [0.15, 0.2) is 0 Å². The minimum Gasteiger partial charge on any atom is -0.295 e. The fraction of sp³-hybridized carbons (Fsp3) is 1.00. The predicted octanol–water partition coefficient (Wildman–Crippen LogP) is 1.83. The van der Waals surface area contributed by atoms with Gasteiger partial charge in [-0.25, -0.2) is 4.39 Å². The summed E-state index contributed by atoms with van der Waals surface area (Å²) in [7, 11) is 0. The van der Waals surface area contributed by atoms with Crippen molar-refractivity contribution in [1.29, 1.82) is 0 Å². The van der Waals surface area contributed by atoms with Crippen molar-refractivity contribution in [2.45, 2.75) is 45.4 Å². The van der Waals surface area contributed by atoms with Gasteiger partial charge in [-0.05, 0) is 27.2 Å². The van der Waals surface area contributed by atoms with Crippen molar-refractivity contribution in [2.24, 2.45) is 0 Å². The van der Waals surface area contributed by atoms with Crippen LogP contribution in [-0.2, 0) is 0 Å². The molecule has 0 N–H and O–H groups in total. The number of alkyl halides is 1. The summed E-state index contributed by atoms with van der Waals surface area (Å²) in [6.07, 6.45) is 0.381. The Hall–Kier alpha value is -0.110. The summed E-state index contributed by atoms with van der Waals surface area (Å²) in [6, 6.07) is 0.719. The third kappa shape index (κ3) is 1.31. The van der Waals surface area contributed by atoms with E-state index in [2.05, 4.69) is 18.7 Å². The molecule has 0 aliphatic carbocycles. The van der Waals surface area contributed by atoms with Gasteiger partial charge in [0.05, 0.1) is 0 Å². The molecular formula is C8H16FN. The summed E-state index contributed by atoms with van der Waals surface area (Å²) in [6.45, 7) is 6.97. The summed E-state index contributed by atoms with van der Waals surface area (Å²) < 4.78 is 12.7. The Morgan fingerprint density at radius 1 is 1.40 bits per heavy atom. The maximum absolute atomic E-state index is 12.7. The van der Waals surface area contributed by atoms with Gasteiger partial charge in [-0.1, -0.05) is 0 Å². The first-order chi connectivity index (χ1) is 4.63. The monoisotopic (exact) mass is 145 g/mol. The van der Waals surface area contributed by atoms with E-state index in [0.717, 1.165) is 13.0 Å². The molecule has 1 aliphatic heterocycles. The van der Waals surface area contributed by atoms with Crippen molar-refractivity contribution >= 4 is 0 Å². The zero-order valence-electron chi connectivity index (χ0n) is 6.97. The van der Waals surface area contributed by atoms with Crippen molar-refractivity contribution in [3.63, 3.8) is 0 Å². The molecule has 1 nitrogen and oxygen atoms in total. The summed E-state index contributed by atoms with van der Waals surface area (Å²) in [4.78, 5) is 2.21. The second-order valence-corrected chi connectivity index (χ2v) is 3.37. The first-order valence-electron chi connectivity index (χ1n) is 4.02.